The van der Waals surface area contributed by atoms with Crippen LogP contribution >= 0.6 is 0 Å². The Balaban J connectivity index is 1.95. The molecule has 0 saturated carbocycles. The standard InChI is InChI=1S/C18H16F2N2O3/c19-13-1-5-15(6-2-13)22(16-7-3-14(20)4-8-16)18(24)17(23)21-9-11-25-12-10-21/h1-8H,9-12H2. The summed E-state index contributed by atoms with van der Waals surface area (Å²) >= 11 is 0. The molecule has 3 rings (SSSR count). The van der Waals surface area contributed by atoms with Gasteiger partial charge in [-0.1, -0.05) is 0 Å². The normalized spacial score (nSPS) is 14.2. The second-order valence-electron chi connectivity index (χ2n) is 5.50. The van der Waals surface area contributed by atoms with Crippen LogP contribution in [0, 0.1) is 11.6 Å². The third-order valence-electron chi connectivity index (χ3n) is 3.85. The van der Waals surface area contributed by atoms with E-state index in [4.69, 9.17) is 4.74 Å². The van der Waals surface area contributed by atoms with Gasteiger partial charge in [0.05, 0.1) is 13.2 Å². The van der Waals surface area contributed by atoms with Crippen molar-refractivity contribution in [1.29, 1.82) is 0 Å². The second kappa shape index (κ2) is 7.40. The highest BCUT2D eigenvalue weighted by Gasteiger charge is 2.30. The molecule has 2 aromatic carbocycles. The monoisotopic (exact) mass is 346 g/mol. The first-order chi connectivity index (χ1) is 12.1. The molecule has 1 fully saturated rings. The molecule has 1 aliphatic heterocycles. The van der Waals surface area contributed by atoms with Crippen LogP contribution in [0.1, 0.15) is 0 Å². The van der Waals surface area contributed by atoms with Crippen LogP contribution in [0.5, 0.6) is 0 Å². The Morgan fingerprint density at radius 2 is 1.28 bits per heavy atom. The summed E-state index contributed by atoms with van der Waals surface area (Å²) in [7, 11) is 0. The van der Waals surface area contributed by atoms with Crippen LogP contribution < -0.4 is 4.90 Å². The lowest BCUT2D eigenvalue weighted by atomic mass is 10.2. The van der Waals surface area contributed by atoms with Gasteiger partial charge in [0.15, 0.2) is 0 Å². The molecular weight excluding hydrogens is 330 g/mol. The molecule has 0 aliphatic carbocycles. The molecule has 0 aromatic heterocycles. The van der Waals surface area contributed by atoms with Crippen molar-refractivity contribution < 1.29 is 23.1 Å². The van der Waals surface area contributed by atoms with Crippen LogP contribution in [0.2, 0.25) is 0 Å². The van der Waals surface area contributed by atoms with Crippen molar-refractivity contribution in [2.45, 2.75) is 0 Å². The zero-order valence-corrected chi connectivity index (χ0v) is 13.3. The van der Waals surface area contributed by atoms with Crippen molar-refractivity contribution in [3.05, 3.63) is 60.2 Å². The van der Waals surface area contributed by atoms with E-state index < -0.39 is 23.4 Å². The minimum Gasteiger partial charge on any atom is -0.378 e. The van der Waals surface area contributed by atoms with Crippen LogP contribution in [0.15, 0.2) is 48.5 Å². The number of ether oxygens (including phenoxy) is 1. The number of morpholine rings is 1. The van der Waals surface area contributed by atoms with E-state index in [2.05, 4.69) is 0 Å². The number of benzene rings is 2. The fourth-order valence-corrected chi connectivity index (χ4v) is 2.56. The van der Waals surface area contributed by atoms with E-state index in [-0.39, 0.29) is 0 Å². The van der Waals surface area contributed by atoms with Gasteiger partial charge >= 0.3 is 11.8 Å². The van der Waals surface area contributed by atoms with Gasteiger partial charge in [0.1, 0.15) is 11.6 Å². The summed E-state index contributed by atoms with van der Waals surface area (Å²) in [6.45, 7) is 1.38. The van der Waals surface area contributed by atoms with Gasteiger partial charge in [0, 0.05) is 24.5 Å². The number of anilines is 2. The molecule has 0 spiro atoms. The Bertz CT molecular complexity index is 711. The zero-order chi connectivity index (χ0) is 17.8. The molecule has 2 amide bonds. The molecule has 2 aromatic rings. The molecular formula is C18H16F2N2O3. The van der Waals surface area contributed by atoms with Crippen LogP contribution in [0.25, 0.3) is 0 Å². The molecule has 1 heterocycles. The number of rotatable bonds is 2. The van der Waals surface area contributed by atoms with E-state index in [0.29, 0.717) is 37.7 Å². The molecule has 1 aliphatic rings. The molecule has 0 atom stereocenters. The Kier molecular flexibility index (Phi) is 5.04. The van der Waals surface area contributed by atoms with Gasteiger partial charge in [-0.15, -0.1) is 0 Å². The zero-order valence-electron chi connectivity index (χ0n) is 13.3. The number of hydrogen-bond acceptors (Lipinski definition) is 3. The van der Waals surface area contributed by atoms with Crippen LogP contribution in [-0.4, -0.2) is 43.0 Å². The van der Waals surface area contributed by atoms with Gasteiger partial charge in [0.25, 0.3) is 0 Å². The van der Waals surface area contributed by atoms with Gasteiger partial charge < -0.3 is 9.64 Å². The number of hydrogen-bond donors (Lipinski definition) is 0. The Morgan fingerprint density at radius 3 is 1.72 bits per heavy atom. The van der Waals surface area contributed by atoms with Crippen molar-refractivity contribution in [2.24, 2.45) is 0 Å². The molecule has 0 bridgehead atoms. The van der Waals surface area contributed by atoms with Crippen molar-refractivity contribution >= 4 is 23.2 Å². The van der Waals surface area contributed by atoms with E-state index in [1.807, 2.05) is 0 Å². The van der Waals surface area contributed by atoms with Crippen molar-refractivity contribution in [3.63, 3.8) is 0 Å². The molecule has 5 nitrogen and oxygen atoms in total. The summed E-state index contributed by atoms with van der Waals surface area (Å²) in [6, 6.07) is 10.3. The number of carbonyl (C=O) groups is 2. The molecule has 1 saturated heterocycles. The number of halogens is 2. The largest absolute Gasteiger partial charge is 0.378 e. The predicted octanol–water partition coefficient (Wildman–Crippen LogP) is 2.49. The van der Waals surface area contributed by atoms with Gasteiger partial charge in [0.2, 0.25) is 0 Å². The number of amides is 2. The van der Waals surface area contributed by atoms with Gasteiger partial charge in [-0.25, -0.2) is 8.78 Å². The van der Waals surface area contributed by atoms with Gasteiger partial charge in [-0.3, -0.25) is 14.5 Å². The van der Waals surface area contributed by atoms with Gasteiger partial charge in [-0.05, 0) is 48.5 Å². The lowest BCUT2D eigenvalue weighted by Gasteiger charge is -2.29. The topological polar surface area (TPSA) is 49.9 Å². The Labute approximate surface area is 143 Å². The number of carbonyl (C=O) groups excluding carboxylic acids is 2. The van der Waals surface area contributed by atoms with Crippen molar-refractivity contribution in [2.75, 3.05) is 31.2 Å². The molecule has 7 heteroatoms. The molecule has 0 N–H and O–H groups in total. The highest BCUT2D eigenvalue weighted by atomic mass is 19.1. The van der Waals surface area contributed by atoms with Gasteiger partial charge in [-0.2, -0.15) is 0 Å². The minimum atomic E-state index is -0.792. The summed E-state index contributed by atoms with van der Waals surface area (Å²) in [6.07, 6.45) is 0. The van der Waals surface area contributed by atoms with Crippen molar-refractivity contribution in [3.8, 4) is 0 Å². The predicted molar refractivity (Wildman–Crippen MR) is 87.3 cm³/mol. The Hall–Kier alpha value is -2.80. The maximum Gasteiger partial charge on any atom is 0.321 e. The third kappa shape index (κ3) is 3.83. The first-order valence-electron chi connectivity index (χ1n) is 7.78. The third-order valence-corrected chi connectivity index (χ3v) is 3.85. The van der Waals surface area contributed by atoms with E-state index in [1.165, 1.54) is 53.4 Å². The highest BCUT2D eigenvalue weighted by Crippen LogP contribution is 2.26. The molecule has 0 radical (unpaired) electrons. The molecule has 25 heavy (non-hydrogen) atoms. The first-order valence-corrected chi connectivity index (χ1v) is 7.78. The van der Waals surface area contributed by atoms with E-state index in [0.717, 1.165) is 4.90 Å². The maximum absolute atomic E-state index is 13.2. The Morgan fingerprint density at radius 1 is 0.840 bits per heavy atom. The smallest absolute Gasteiger partial charge is 0.321 e. The highest BCUT2D eigenvalue weighted by molar-refractivity contribution is 6.42. The quantitative estimate of drug-likeness (QED) is 0.785. The molecule has 130 valence electrons. The van der Waals surface area contributed by atoms with Crippen molar-refractivity contribution in [1.82, 2.24) is 4.90 Å². The fourth-order valence-electron chi connectivity index (χ4n) is 2.56. The summed E-state index contributed by atoms with van der Waals surface area (Å²) in [5.74, 6) is -2.40. The van der Waals surface area contributed by atoms with Crippen LogP contribution in [0.4, 0.5) is 20.2 Å². The summed E-state index contributed by atoms with van der Waals surface area (Å²) in [5.41, 5.74) is 0.638. The SMILES string of the molecule is O=C(C(=O)N(c1ccc(F)cc1)c1ccc(F)cc1)N1CCOCC1. The first kappa shape index (κ1) is 17.0. The van der Waals surface area contributed by atoms with E-state index in [9.17, 15) is 18.4 Å². The fraction of sp³-hybridized carbons (Fsp3) is 0.222. The van der Waals surface area contributed by atoms with E-state index in [1.54, 1.807) is 0 Å². The molecule has 0 unspecified atom stereocenters. The lowest BCUT2D eigenvalue weighted by molar-refractivity contribution is -0.146. The summed E-state index contributed by atoms with van der Waals surface area (Å²) in [4.78, 5) is 27.9. The second-order valence-corrected chi connectivity index (χ2v) is 5.50. The maximum atomic E-state index is 13.2. The van der Waals surface area contributed by atoms with E-state index >= 15 is 0 Å². The van der Waals surface area contributed by atoms with Crippen LogP contribution in [0.3, 0.4) is 0 Å². The lowest BCUT2D eigenvalue weighted by Crippen LogP contribution is -2.48. The van der Waals surface area contributed by atoms with Crippen LogP contribution in [-0.2, 0) is 14.3 Å². The summed E-state index contributed by atoms with van der Waals surface area (Å²) in [5, 5.41) is 0. The number of nitrogens with zero attached hydrogens (tertiary/aromatic N) is 2. The minimum absolute atomic E-state index is 0.319. The average molecular weight is 346 g/mol. The summed E-state index contributed by atoms with van der Waals surface area (Å²) < 4.78 is 31.6. The average Bonchev–Trinajstić information content (AvgIpc) is 2.65.